The van der Waals surface area contributed by atoms with Gasteiger partial charge in [0.25, 0.3) is 0 Å². The average Bonchev–Trinajstić information content (AvgIpc) is 2.64. The first kappa shape index (κ1) is 20.0. The van der Waals surface area contributed by atoms with E-state index in [-0.39, 0.29) is 6.04 Å². The number of aryl methyl sites for hydroxylation is 3. The molecule has 0 amide bonds. The van der Waals surface area contributed by atoms with Crippen LogP contribution in [0.2, 0.25) is 0 Å². The second-order valence-electron chi connectivity index (χ2n) is 7.40. The normalized spacial score (nSPS) is 17.0. The van der Waals surface area contributed by atoms with Crippen molar-refractivity contribution >= 4 is 10.0 Å². The van der Waals surface area contributed by atoms with Crippen LogP contribution in [0.25, 0.3) is 0 Å². The van der Waals surface area contributed by atoms with Crippen LogP contribution in [0.5, 0.6) is 0 Å². The van der Waals surface area contributed by atoms with Gasteiger partial charge in [0.2, 0.25) is 10.0 Å². The zero-order valence-corrected chi connectivity index (χ0v) is 17.1. The largest absolute Gasteiger partial charge is 0.370 e. The van der Waals surface area contributed by atoms with Crippen molar-refractivity contribution in [3.05, 3.63) is 64.7 Å². The summed E-state index contributed by atoms with van der Waals surface area (Å²) in [7, 11) is -3.60. The maximum Gasteiger partial charge on any atom is 0.241 e. The summed E-state index contributed by atoms with van der Waals surface area (Å²) in [5.41, 5.74) is 4.21. The summed E-state index contributed by atoms with van der Waals surface area (Å²) >= 11 is 0. The molecule has 6 heteroatoms. The first-order valence-electron chi connectivity index (χ1n) is 9.42. The minimum absolute atomic E-state index is 0.273. The maximum absolute atomic E-state index is 13.0. The van der Waals surface area contributed by atoms with Crippen molar-refractivity contribution in [2.75, 3.05) is 32.8 Å². The fourth-order valence-electron chi connectivity index (χ4n) is 3.32. The van der Waals surface area contributed by atoms with Crippen LogP contribution in [0.1, 0.15) is 28.3 Å². The van der Waals surface area contributed by atoms with Gasteiger partial charge >= 0.3 is 0 Å². The van der Waals surface area contributed by atoms with Crippen molar-refractivity contribution in [2.24, 2.45) is 0 Å². The van der Waals surface area contributed by atoms with Gasteiger partial charge in [-0.05, 0) is 49.6 Å². The first-order chi connectivity index (χ1) is 12.8. The predicted molar refractivity (Wildman–Crippen MR) is 107 cm³/mol. The van der Waals surface area contributed by atoms with Crippen LogP contribution in [0.15, 0.2) is 47.4 Å². The molecule has 0 bridgehead atoms. The summed E-state index contributed by atoms with van der Waals surface area (Å²) < 4.78 is 34.5. The maximum atomic E-state index is 13.0. The number of hydrogen-bond donors (Lipinski definition) is 2. The molecule has 1 saturated heterocycles. The number of nitrogens with one attached hydrogen (secondary N) is 2. The van der Waals surface area contributed by atoms with Crippen molar-refractivity contribution in [1.82, 2.24) is 4.72 Å². The lowest BCUT2D eigenvalue weighted by molar-refractivity contribution is -0.909. The molecule has 0 saturated carbocycles. The van der Waals surface area contributed by atoms with E-state index in [1.165, 1.54) is 4.90 Å². The molecule has 2 aromatic rings. The monoisotopic (exact) mass is 389 g/mol. The number of ether oxygens (including phenoxy) is 1. The number of rotatable bonds is 6. The third-order valence-electron chi connectivity index (χ3n) is 5.26. The molecule has 1 atom stereocenters. The average molecular weight is 390 g/mol. The Morgan fingerprint density at radius 1 is 1.00 bits per heavy atom. The van der Waals surface area contributed by atoms with Crippen LogP contribution >= 0.6 is 0 Å². The second kappa shape index (κ2) is 8.52. The third-order valence-corrected chi connectivity index (χ3v) is 6.73. The fraction of sp³-hybridized carbons (Fsp3) is 0.429. The first-order valence-corrected chi connectivity index (χ1v) is 10.9. The quantitative estimate of drug-likeness (QED) is 0.788. The fourth-order valence-corrected chi connectivity index (χ4v) is 4.62. The lowest BCUT2D eigenvalue weighted by Gasteiger charge is -2.28. The highest BCUT2D eigenvalue weighted by atomic mass is 32.2. The van der Waals surface area contributed by atoms with Gasteiger partial charge in [0.15, 0.2) is 0 Å². The SMILES string of the molecule is Cc1ccc([C@@H](C[NH+]2CCOCC2)NS(=O)(=O)c2ccc(C)c(C)c2)cc1. The Morgan fingerprint density at radius 3 is 2.30 bits per heavy atom. The molecule has 5 nitrogen and oxygen atoms in total. The van der Waals surface area contributed by atoms with E-state index in [0.717, 1.165) is 48.6 Å². The standard InChI is InChI=1S/C21H28N2O3S/c1-16-4-7-19(8-5-16)21(15-23-10-12-26-13-11-23)22-27(24,25)20-9-6-17(2)18(3)14-20/h4-9,14,21-22H,10-13,15H2,1-3H3/p+1/t21-/m1/s1. The molecule has 2 aromatic carbocycles. The molecule has 146 valence electrons. The smallest absolute Gasteiger partial charge is 0.241 e. The molecular weight excluding hydrogens is 360 g/mol. The molecule has 0 aliphatic carbocycles. The summed E-state index contributed by atoms with van der Waals surface area (Å²) in [5.74, 6) is 0. The highest BCUT2D eigenvalue weighted by Gasteiger charge is 2.26. The molecular formula is C21H29N2O3S+. The van der Waals surface area contributed by atoms with Gasteiger partial charge < -0.3 is 9.64 Å². The molecule has 27 heavy (non-hydrogen) atoms. The van der Waals surface area contributed by atoms with Crippen molar-refractivity contribution in [2.45, 2.75) is 31.7 Å². The van der Waals surface area contributed by atoms with Gasteiger partial charge in [-0.1, -0.05) is 35.9 Å². The minimum atomic E-state index is -3.60. The summed E-state index contributed by atoms with van der Waals surface area (Å²) in [4.78, 5) is 1.68. The second-order valence-corrected chi connectivity index (χ2v) is 9.11. The van der Waals surface area contributed by atoms with Crippen LogP contribution in [-0.2, 0) is 14.8 Å². The highest BCUT2D eigenvalue weighted by Crippen LogP contribution is 2.19. The summed E-state index contributed by atoms with van der Waals surface area (Å²) in [5, 5.41) is 0. The van der Waals surface area contributed by atoms with Crippen molar-refractivity contribution in [3.8, 4) is 0 Å². The molecule has 1 aliphatic heterocycles. The van der Waals surface area contributed by atoms with E-state index in [9.17, 15) is 8.42 Å². The Balaban J connectivity index is 1.86. The van der Waals surface area contributed by atoms with Crippen LogP contribution in [0.4, 0.5) is 0 Å². The Labute approximate surface area is 162 Å². The van der Waals surface area contributed by atoms with Gasteiger partial charge in [0.05, 0.1) is 30.7 Å². The van der Waals surface area contributed by atoms with Crippen molar-refractivity contribution < 1.29 is 18.1 Å². The van der Waals surface area contributed by atoms with Crippen LogP contribution in [-0.4, -0.2) is 41.3 Å². The Kier molecular flexibility index (Phi) is 6.32. The molecule has 3 rings (SSSR count). The molecule has 0 unspecified atom stereocenters. The van der Waals surface area contributed by atoms with E-state index < -0.39 is 10.0 Å². The van der Waals surface area contributed by atoms with Gasteiger partial charge in [0, 0.05) is 0 Å². The Morgan fingerprint density at radius 2 is 1.67 bits per heavy atom. The van der Waals surface area contributed by atoms with Gasteiger partial charge in [0.1, 0.15) is 13.1 Å². The molecule has 0 spiro atoms. The minimum Gasteiger partial charge on any atom is -0.370 e. The lowest BCUT2D eigenvalue weighted by atomic mass is 10.1. The van der Waals surface area contributed by atoms with Gasteiger partial charge in [-0.2, -0.15) is 4.72 Å². The molecule has 0 radical (unpaired) electrons. The van der Waals surface area contributed by atoms with Crippen LogP contribution in [0.3, 0.4) is 0 Å². The molecule has 1 fully saturated rings. The molecule has 1 heterocycles. The number of morpholine rings is 1. The van der Waals surface area contributed by atoms with Crippen molar-refractivity contribution in [1.29, 1.82) is 0 Å². The van der Waals surface area contributed by atoms with Crippen molar-refractivity contribution in [3.63, 3.8) is 0 Å². The highest BCUT2D eigenvalue weighted by molar-refractivity contribution is 7.89. The van der Waals surface area contributed by atoms with E-state index in [4.69, 9.17) is 4.74 Å². The van der Waals surface area contributed by atoms with Crippen LogP contribution < -0.4 is 9.62 Å². The summed E-state index contributed by atoms with van der Waals surface area (Å²) in [6, 6.07) is 13.1. The van der Waals surface area contributed by atoms with E-state index in [1.807, 2.05) is 51.1 Å². The van der Waals surface area contributed by atoms with Gasteiger partial charge in [-0.3, -0.25) is 0 Å². The van der Waals surface area contributed by atoms with Gasteiger partial charge in [-0.25, -0.2) is 8.42 Å². The molecule has 2 N–H and O–H groups in total. The third kappa shape index (κ3) is 5.17. The number of hydrogen-bond acceptors (Lipinski definition) is 3. The summed E-state index contributed by atoms with van der Waals surface area (Å²) in [6.45, 7) is 9.89. The van der Waals surface area contributed by atoms with Crippen LogP contribution in [0, 0.1) is 20.8 Å². The topological polar surface area (TPSA) is 59.8 Å². The molecule has 1 aliphatic rings. The number of sulfonamides is 1. The zero-order valence-electron chi connectivity index (χ0n) is 16.3. The van der Waals surface area contributed by atoms with E-state index in [1.54, 1.807) is 12.1 Å². The van der Waals surface area contributed by atoms with E-state index >= 15 is 0 Å². The molecule has 0 aromatic heterocycles. The predicted octanol–water partition coefficient (Wildman–Crippen LogP) is 1.55. The lowest BCUT2D eigenvalue weighted by Crippen LogP contribution is -3.14. The van der Waals surface area contributed by atoms with E-state index in [2.05, 4.69) is 4.72 Å². The zero-order chi connectivity index (χ0) is 19.4. The van der Waals surface area contributed by atoms with Gasteiger partial charge in [-0.15, -0.1) is 0 Å². The Hall–Kier alpha value is -1.73. The number of quaternary nitrogens is 1. The Bertz CT molecular complexity index is 873. The van der Waals surface area contributed by atoms with E-state index in [0.29, 0.717) is 11.4 Å². The number of benzene rings is 2. The summed E-state index contributed by atoms with van der Waals surface area (Å²) in [6.07, 6.45) is 0.